The van der Waals surface area contributed by atoms with Gasteiger partial charge in [-0.25, -0.2) is 4.39 Å². The predicted octanol–water partition coefficient (Wildman–Crippen LogP) is 5.57. The molecule has 0 spiro atoms. The molecule has 0 unspecified atom stereocenters. The summed E-state index contributed by atoms with van der Waals surface area (Å²) in [5.74, 6) is 2.29. The van der Waals surface area contributed by atoms with Crippen LogP contribution in [0.3, 0.4) is 0 Å². The fourth-order valence-electron chi connectivity index (χ4n) is 7.69. The second kappa shape index (κ2) is 7.96. The molecule has 2 aromatic rings. The maximum atomic E-state index is 13.2. The number of nitrogens with zero attached hydrogens (tertiary/aromatic N) is 1. The van der Waals surface area contributed by atoms with Crippen molar-refractivity contribution in [2.45, 2.75) is 57.9 Å². The van der Waals surface area contributed by atoms with Crippen LogP contribution >= 0.6 is 0 Å². The van der Waals surface area contributed by atoms with Crippen molar-refractivity contribution in [1.29, 1.82) is 0 Å². The Morgan fingerprint density at radius 1 is 1.00 bits per heavy atom. The first-order valence-electron chi connectivity index (χ1n) is 12.4. The summed E-state index contributed by atoms with van der Waals surface area (Å²) in [4.78, 5) is 28.1. The van der Waals surface area contributed by atoms with E-state index >= 15 is 0 Å². The molecule has 0 radical (unpaired) electrons. The Morgan fingerprint density at radius 3 is 2.33 bits per heavy atom. The summed E-state index contributed by atoms with van der Waals surface area (Å²) < 4.78 is 13.2. The molecule has 0 aromatic heterocycles. The average Bonchev–Trinajstić information content (AvgIpc) is 2.76. The van der Waals surface area contributed by atoms with E-state index in [9.17, 15) is 14.0 Å². The maximum absolute atomic E-state index is 13.2. The first kappa shape index (κ1) is 20.9. The molecule has 4 aliphatic carbocycles. The number of anilines is 1. The molecule has 0 saturated heterocycles. The van der Waals surface area contributed by atoms with Crippen LogP contribution in [0.25, 0.3) is 0 Å². The van der Waals surface area contributed by atoms with Crippen LogP contribution in [0.5, 0.6) is 0 Å². The van der Waals surface area contributed by atoms with E-state index < -0.39 is 0 Å². The van der Waals surface area contributed by atoms with Gasteiger partial charge in [0.15, 0.2) is 0 Å². The Bertz CT molecular complexity index is 1060. The number of benzene rings is 2. The van der Waals surface area contributed by atoms with Gasteiger partial charge in [0.2, 0.25) is 5.91 Å². The smallest absolute Gasteiger partial charge is 0.254 e. The largest absolute Gasteiger partial charge is 0.334 e. The van der Waals surface area contributed by atoms with Crippen LogP contribution < -0.4 is 5.32 Å². The topological polar surface area (TPSA) is 49.4 Å². The van der Waals surface area contributed by atoms with Crippen LogP contribution in [0.2, 0.25) is 0 Å². The Morgan fingerprint density at radius 2 is 1.67 bits per heavy atom. The van der Waals surface area contributed by atoms with Crippen molar-refractivity contribution in [3.63, 3.8) is 0 Å². The van der Waals surface area contributed by atoms with Gasteiger partial charge < -0.3 is 10.2 Å². The van der Waals surface area contributed by atoms with E-state index in [-0.39, 0.29) is 23.0 Å². The first-order chi connectivity index (χ1) is 16.0. The van der Waals surface area contributed by atoms with Crippen molar-refractivity contribution in [2.75, 3.05) is 11.9 Å². The Kier molecular flexibility index (Phi) is 5.04. The minimum Gasteiger partial charge on any atom is -0.334 e. The number of carbonyl (C=O) groups excluding carboxylic acids is 2. The summed E-state index contributed by atoms with van der Waals surface area (Å²) in [5.41, 5.74) is 3.51. The lowest BCUT2D eigenvalue weighted by molar-refractivity contribution is -0.124. The number of fused-ring (bicyclic) bond motifs is 1. The van der Waals surface area contributed by atoms with Crippen LogP contribution in [0.4, 0.5) is 10.1 Å². The van der Waals surface area contributed by atoms with Gasteiger partial charge in [-0.3, -0.25) is 9.59 Å². The third-order valence-electron chi connectivity index (χ3n) is 8.59. The number of amides is 2. The van der Waals surface area contributed by atoms with Crippen LogP contribution in [0.15, 0.2) is 42.5 Å². The second-order valence-electron chi connectivity index (χ2n) is 11.1. The highest BCUT2D eigenvalue weighted by Crippen LogP contribution is 2.61. The van der Waals surface area contributed by atoms with E-state index in [0.29, 0.717) is 31.5 Å². The van der Waals surface area contributed by atoms with Crippen molar-refractivity contribution >= 4 is 17.5 Å². The zero-order valence-corrected chi connectivity index (χ0v) is 19.0. The highest BCUT2D eigenvalue weighted by molar-refractivity contribution is 6.00. The van der Waals surface area contributed by atoms with Crippen molar-refractivity contribution in [1.82, 2.24) is 4.90 Å². The molecular weight excluding hydrogens is 415 g/mol. The third kappa shape index (κ3) is 3.96. The molecule has 1 aliphatic heterocycles. The third-order valence-corrected chi connectivity index (χ3v) is 8.59. The molecule has 4 saturated carbocycles. The first-order valence-corrected chi connectivity index (χ1v) is 12.4. The number of carbonyl (C=O) groups is 2. The van der Waals surface area contributed by atoms with Gasteiger partial charge in [-0.2, -0.15) is 0 Å². The lowest BCUT2D eigenvalue weighted by Gasteiger charge is -2.56. The van der Waals surface area contributed by atoms with Crippen LogP contribution in [0.1, 0.15) is 66.4 Å². The summed E-state index contributed by atoms with van der Waals surface area (Å²) in [7, 11) is 0. The summed E-state index contributed by atoms with van der Waals surface area (Å²) in [6, 6.07) is 11.9. The van der Waals surface area contributed by atoms with Gasteiger partial charge in [-0.1, -0.05) is 18.2 Å². The predicted molar refractivity (Wildman–Crippen MR) is 125 cm³/mol. The minimum atomic E-state index is -0.275. The summed E-state index contributed by atoms with van der Waals surface area (Å²) >= 11 is 0. The van der Waals surface area contributed by atoms with E-state index in [4.69, 9.17) is 0 Å². The van der Waals surface area contributed by atoms with Crippen LogP contribution in [0, 0.1) is 29.0 Å². The van der Waals surface area contributed by atoms with Gasteiger partial charge in [0, 0.05) is 30.8 Å². The Hall–Kier alpha value is -2.69. The Labute approximate surface area is 194 Å². The van der Waals surface area contributed by atoms with Crippen LogP contribution in [-0.4, -0.2) is 23.3 Å². The lowest BCUT2D eigenvalue weighted by Crippen LogP contribution is -2.47. The molecule has 7 rings (SSSR count). The molecule has 33 heavy (non-hydrogen) atoms. The van der Waals surface area contributed by atoms with Gasteiger partial charge in [0.1, 0.15) is 5.82 Å². The van der Waals surface area contributed by atoms with Crippen molar-refractivity contribution < 1.29 is 14.0 Å². The number of hydrogen-bond acceptors (Lipinski definition) is 2. The summed E-state index contributed by atoms with van der Waals surface area (Å²) in [6.07, 6.45) is 9.11. The molecule has 1 N–H and O–H groups in total. The number of hydrogen-bond donors (Lipinski definition) is 1. The van der Waals surface area contributed by atoms with E-state index in [1.165, 1.54) is 50.7 Å². The monoisotopic (exact) mass is 446 g/mol. The molecule has 4 fully saturated rings. The SMILES string of the molecule is O=C(CC12CC3CC(CC(C3)C1)C2)Nc1cccc2c1CCN(Cc1ccc(F)cc1)C2=O. The lowest BCUT2D eigenvalue weighted by atomic mass is 9.49. The van der Waals surface area contributed by atoms with Gasteiger partial charge in [0.25, 0.3) is 5.91 Å². The van der Waals surface area contributed by atoms with E-state index in [2.05, 4.69) is 5.32 Å². The number of nitrogens with one attached hydrogen (secondary N) is 1. The van der Waals surface area contributed by atoms with Crippen molar-refractivity contribution in [2.24, 2.45) is 23.2 Å². The van der Waals surface area contributed by atoms with Gasteiger partial charge in [0.05, 0.1) is 0 Å². The summed E-state index contributed by atoms with van der Waals surface area (Å²) in [5, 5.41) is 3.19. The minimum absolute atomic E-state index is 0.0299. The molecule has 4 bridgehead atoms. The molecule has 0 atom stereocenters. The molecule has 2 amide bonds. The van der Waals surface area contributed by atoms with Crippen LogP contribution in [-0.2, 0) is 17.8 Å². The van der Waals surface area contributed by atoms with Gasteiger partial charge in [-0.05, 0) is 104 Å². The molecule has 2 aromatic carbocycles. The van der Waals surface area contributed by atoms with E-state index in [1.807, 2.05) is 18.2 Å². The number of rotatable bonds is 5. The maximum Gasteiger partial charge on any atom is 0.254 e. The fourth-order valence-corrected chi connectivity index (χ4v) is 7.69. The number of halogens is 1. The zero-order chi connectivity index (χ0) is 22.6. The van der Waals surface area contributed by atoms with Crippen molar-refractivity contribution in [3.8, 4) is 0 Å². The molecular formula is C28H31FN2O2. The molecule has 172 valence electrons. The van der Waals surface area contributed by atoms with Crippen molar-refractivity contribution in [3.05, 3.63) is 65.0 Å². The molecule has 5 aliphatic rings. The fraction of sp³-hybridized carbons (Fsp3) is 0.500. The molecule has 4 nitrogen and oxygen atoms in total. The standard InChI is InChI=1S/C28H31FN2O2/c29-22-6-4-18(5-7-22)17-31-9-8-23-24(27(31)33)2-1-3-25(23)30-26(32)16-28-13-19-10-20(14-28)12-21(11-19)15-28/h1-7,19-21H,8-17H2,(H,30,32). The van der Waals surface area contributed by atoms with Gasteiger partial charge in [-0.15, -0.1) is 0 Å². The zero-order valence-electron chi connectivity index (χ0n) is 19.0. The van der Waals surface area contributed by atoms with Gasteiger partial charge >= 0.3 is 0 Å². The molecule has 1 heterocycles. The second-order valence-corrected chi connectivity index (χ2v) is 11.1. The average molecular weight is 447 g/mol. The normalized spacial score (nSPS) is 29.8. The highest BCUT2D eigenvalue weighted by atomic mass is 19.1. The van der Waals surface area contributed by atoms with E-state index in [0.717, 1.165) is 34.6 Å². The molecule has 5 heteroatoms. The van der Waals surface area contributed by atoms with E-state index in [1.54, 1.807) is 17.0 Å². The highest BCUT2D eigenvalue weighted by Gasteiger charge is 2.51. The quantitative estimate of drug-likeness (QED) is 0.653. The Balaban J connectivity index is 1.15. The summed E-state index contributed by atoms with van der Waals surface area (Å²) in [6.45, 7) is 1.05.